The van der Waals surface area contributed by atoms with Gasteiger partial charge in [-0.15, -0.1) is 17.5 Å². The van der Waals surface area contributed by atoms with Crippen LogP contribution in [0.2, 0.25) is 5.02 Å². The van der Waals surface area contributed by atoms with E-state index in [2.05, 4.69) is 33.1 Å². The lowest BCUT2D eigenvalue weighted by Crippen LogP contribution is -2.32. The lowest BCUT2D eigenvalue weighted by atomic mass is 10.1. The second kappa shape index (κ2) is 9.34. The maximum atomic E-state index is 12.3. The fourth-order valence-electron chi connectivity index (χ4n) is 1.82. The smallest absolute Gasteiger partial charge is 0.253 e. The first-order chi connectivity index (χ1) is 10.2. The quantitative estimate of drug-likeness (QED) is 0.743. The van der Waals surface area contributed by atoms with Gasteiger partial charge in [0, 0.05) is 18.1 Å². The summed E-state index contributed by atoms with van der Waals surface area (Å²) in [4.78, 5) is 12.3. The predicted octanol–water partition coefficient (Wildman–Crippen LogP) is 1.47. The summed E-state index contributed by atoms with van der Waals surface area (Å²) >= 11 is 5.97. The number of nitrogens with zero attached hydrogens (tertiary/aromatic N) is 4. The maximum absolute atomic E-state index is 12.3. The molecule has 2 aromatic rings. The van der Waals surface area contributed by atoms with Crippen molar-refractivity contribution in [2.24, 2.45) is 0 Å². The van der Waals surface area contributed by atoms with Crippen molar-refractivity contribution < 1.29 is 4.79 Å². The SMILES string of the molecule is CCCNCCNC(=O)c1cc(Cl)ccc1-n1cnnn1.Cl. The van der Waals surface area contributed by atoms with Crippen LogP contribution in [0.3, 0.4) is 0 Å². The Hall–Kier alpha value is -1.70. The fraction of sp³-hybridized carbons (Fsp3) is 0.385. The van der Waals surface area contributed by atoms with E-state index in [1.807, 2.05) is 0 Å². The zero-order chi connectivity index (χ0) is 15.1. The van der Waals surface area contributed by atoms with Crippen molar-refractivity contribution in [2.45, 2.75) is 13.3 Å². The molecular weight excluding hydrogens is 327 g/mol. The number of rotatable bonds is 7. The lowest BCUT2D eigenvalue weighted by molar-refractivity contribution is 0.0954. The molecular formula is C13H18Cl2N6O. The highest BCUT2D eigenvalue weighted by molar-refractivity contribution is 6.31. The summed E-state index contributed by atoms with van der Waals surface area (Å²) in [7, 11) is 0. The Bertz CT molecular complexity index is 590. The predicted molar refractivity (Wildman–Crippen MR) is 86.9 cm³/mol. The molecule has 1 amide bonds. The Morgan fingerprint density at radius 1 is 1.32 bits per heavy atom. The van der Waals surface area contributed by atoms with Crippen LogP contribution >= 0.6 is 24.0 Å². The van der Waals surface area contributed by atoms with Crippen molar-refractivity contribution in [1.29, 1.82) is 0 Å². The summed E-state index contributed by atoms with van der Waals surface area (Å²) in [5, 5.41) is 17.5. The fourth-order valence-corrected chi connectivity index (χ4v) is 2.00. The molecule has 120 valence electrons. The summed E-state index contributed by atoms with van der Waals surface area (Å²) in [6.07, 6.45) is 2.49. The van der Waals surface area contributed by atoms with Gasteiger partial charge in [-0.05, 0) is 41.6 Å². The van der Waals surface area contributed by atoms with Crippen LogP contribution in [0, 0.1) is 0 Å². The number of carbonyl (C=O) groups is 1. The van der Waals surface area contributed by atoms with E-state index in [-0.39, 0.29) is 18.3 Å². The maximum Gasteiger partial charge on any atom is 0.253 e. The molecule has 0 bridgehead atoms. The Morgan fingerprint density at radius 3 is 2.82 bits per heavy atom. The number of hydrogen-bond acceptors (Lipinski definition) is 5. The Kier molecular flexibility index (Phi) is 7.79. The van der Waals surface area contributed by atoms with Crippen LogP contribution in [0.15, 0.2) is 24.5 Å². The van der Waals surface area contributed by atoms with E-state index < -0.39 is 0 Å². The molecule has 0 radical (unpaired) electrons. The summed E-state index contributed by atoms with van der Waals surface area (Å²) in [5.74, 6) is -0.207. The molecule has 0 aliphatic heterocycles. The molecule has 1 aromatic heterocycles. The molecule has 7 nitrogen and oxygen atoms in total. The molecule has 0 unspecified atom stereocenters. The molecule has 1 heterocycles. The van der Waals surface area contributed by atoms with Crippen LogP contribution in [0.4, 0.5) is 0 Å². The minimum Gasteiger partial charge on any atom is -0.351 e. The Labute approximate surface area is 139 Å². The van der Waals surface area contributed by atoms with Gasteiger partial charge < -0.3 is 10.6 Å². The number of benzene rings is 1. The molecule has 0 saturated heterocycles. The molecule has 9 heteroatoms. The highest BCUT2D eigenvalue weighted by Crippen LogP contribution is 2.18. The lowest BCUT2D eigenvalue weighted by Gasteiger charge is -2.10. The number of hydrogen-bond donors (Lipinski definition) is 2. The third-order valence-corrected chi connectivity index (χ3v) is 3.05. The normalized spacial score (nSPS) is 10.1. The topological polar surface area (TPSA) is 84.7 Å². The average molecular weight is 345 g/mol. The summed E-state index contributed by atoms with van der Waals surface area (Å²) in [6, 6.07) is 5.01. The van der Waals surface area contributed by atoms with Crippen molar-refractivity contribution in [1.82, 2.24) is 30.8 Å². The first kappa shape index (κ1) is 18.3. The zero-order valence-electron chi connectivity index (χ0n) is 12.1. The van der Waals surface area contributed by atoms with E-state index in [1.165, 1.54) is 11.0 Å². The van der Waals surface area contributed by atoms with Gasteiger partial charge in [0.1, 0.15) is 6.33 Å². The zero-order valence-corrected chi connectivity index (χ0v) is 13.7. The molecule has 0 fully saturated rings. The second-order valence-corrected chi connectivity index (χ2v) is 4.86. The second-order valence-electron chi connectivity index (χ2n) is 4.42. The molecule has 0 aliphatic carbocycles. The molecule has 0 spiro atoms. The van der Waals surface area contributed by atoms with Crippen LogP contribution in [0.1, 0.15) is 23.7 Å². The monoisotopic (exact) mass is 344 g/mol. The molecule has 0 aliphatic rings. The summed E-state index contributed by atoms with van der Waals surface area (Å²) in [5.41, 5.74) is 1.02. The van der Waals surface area contributed by atoms with E-state index >= 15 is 0 Å². The molecule has 2 N–H and O–H groups in total. The number of aromatic nitrogens is 4. The highest BCUT2D eigenvalue weighted by atomic mass is 35.5. The van der Waals surface area contributed by atoms with Gasteiger partial charge in [0.25, 0.3) is 5.91 Å². The van der Waals surface area contributed by atoms with Gasteiger partial charge in [-0.2, -0.15) is 4.68 Å². The van der Waals surface area contributed by atoms with E-state index in [1.54, 1.807) is 18.2 Å². The standard InChI is InChI=1S/C13H17ClN6O.ClH/c1-2-5-15-6-7-16-13(21)11-8-10(14)3-4-12(11)20-9-17-18-19-20;/h3-4,8-9,15H,2,5-7H2,1H3,(H,16,21);1H. The molecule has 22 heavy (non-hydrogen) atoms. The first-order valence-electron chi connectivity index (χ1n) is 6.74. The van der Waals surface area contributed by atoms with Gasteiger partial charge in [-0.3, -0.25) is 4.79 Å². The molecule has 0 saturated carbocycles. The van der Waals surface area contributed by atoms with Gasteiger partial charge >= 0.3 is 0 Å². The molecule has 1 aromatic carbocycles. The third-order valence-electron chi connectivity index (χ3n) is 2.81. The van der Waals surface area contributed by atoms with Gasteiger partial charge in [0.15, 0.2) is 0 Å². The number of tetrazole rings is 1. The summed E-state index contributed by atoms with van der Waals surface area (Å²) in [6.45, 7) is 4.29. The minimum absolute atomic E-state index is 0. The highest BCUT2D eigenvalue weighted by Gasteiger charge is 2.14. The van der Waals surface area contributed by atoms with Crippen molar-refractivity contribution in [3.63, 3.8) is 0 Å². The van der Waals surface area contributed by atoms with E-state index in [4.69, 9.17) is 11.6 Å². The van der Waals surface area contributed by atoms with Crippen LogP contribution in [-0.4, -0.2) is 45.7 Å². The van der Waals surface area contributed by atoms with Crippen LogP contribution in [0.25, 0.3) is 5.69 Å². The number of halogens is 2. The van der Waals surface area contributed by atoms with Crippen LogP contribution in [0.5, 0.6) is 0 Å². The van der Waals surface area contributed by atoms with Crippen molar-refractivity contribution in [2.75, 3.05) is 19.6 Å². The van der Waals surface area contributed by atoms with Gasteiger partial charge in [-0.25, -0.2) is 0 Å². The van der Waals surface area contributed by atoms with Gasteiger partial charge in [0.2, 0.25) is 0 Å². The van der Waals surface area contributed by atoms with Gasteiger partial charge in [0.05, 0.1) is 11.3 Å². The Morgan fingerprint density at radius 2 is 2.14 bits per heavy atom. The minimum atomic E-state index is -0.207. The van der Waals surface area contributed by atoms with Crippen LogP contribution < -0.4 is 10.6 Å². The molecule has 0 atom stereocenters. The molecule has 2 rings (SSSR count). The van der Waals surface area contributed by atoms with Crippen LogP contribution in [-0.2, 0) is 0 Å². The summed E-state index contributed by atoms with van der Waals surface area (Å²) < 4.78 is 1.43. The largest absolute Gasteiger partial charge is 0.351 e. The number of amides is 1. The van der Waals surface area contributed by atoms with E-state index in [9.17, 15) is 4.79 Å². The van der Waals surface area contributed by atoms with Crippen molar-refractivity contribution >= 4 is 29.9 Å². The number of carbonyl (C=O) groups excluding carboxylic acids is 1. The Balaban J connectivity index is 0.00000242. The van der Waals surface area contributed by atoms with Gasteiger partial charge in [-0.1, -0.05) is 18.5 Å². The third kappa shape index (κ3) is 4.94. The first-order valence-corrected chi connectivity index (χ1v) is 7.12. The van der Waals surface area contributed by atoms with Crippen molar-refractivity contribution in [3.8, 4) is 5.69 Å². The average Bonchev–Trinajstić information content (AvgIpc) is 3.01. The van der Waals surface area contributed by atoms with Crippen molar-refractivity contribution in [3.05, 3.63) is 35.1 Å². The van der Waals surface area contributed by atoms with E-state index in [0.29, 0.717) is 22.8 Å². The number of nitrogens with one attached hydrogen (secondary N) is 2. The van der Waals surface area contributed by atoms with E-state index in [0.717, 1.165) is 19.5 Å².